The summed E-state index contributed by atoms with van der Waals surface area (Å²) in [6.07, 6.45) is 0.588. The Labute approximate surface area is 215 Å². The van der Waals surface area contributed by atoms with Crippen LogP contribution in [-0.4, -0.2) is 33.1 Å². The first-order chi connectivity index (χ1) is 17.3. The number of hydrogen-bond acceptors (Lipinski definition) is 8. The highest BCUT2D eigenvalue weighted by Gasteiger charge is 2.52. The van der Waals surface area contributed by atoms with Gasteiger partial charge in [0.05, 0.1) is 19.6 Å². The molecule has 0 unspecified atom stereocenters. The normalized spacial score (nSPS) is 25.8. The van der Waals surface area contributed by atoms with Gasteiger partial charge in [0.2, 0.25) is 0 Å². The van der Waals surface area contributed by atoms with E-state index in [1.807, 2.05) is 5.41 Å². The molecule has 1 fully saturated rings. The minimum Gasteiger partial charge on any atom is -0.357 e. The maximum Gasteiger partial charge on any atom is 0.283 e. The Morgan fingerprint density at radius 2 is 1.64 bits per heavy atom. The van der Waals surface area contributed by atoms with Gasteiger partial charge in [-0.1, -0.05) is 42.6 Å². The van der Waals surface area contributed by atoms with Crippen LogP contribution in [0.25, 0.3) is 0 Å². The molecule has 0 N–H and O–H groups in total. The Bertz CT molecular complexity index is 1370. The van der Waals surface area contributed by atoms with Crippen LogP contribution >= 0.6 is 23.5 Å². The lowest BCUT2D eigenvalue weighted by atomic mass is 9.73. The number of fused-ring (bicyclic) bond motifs is 4. The number of carbonyl (C=O) groups is 1. The minimum atomic E-state index is -0.412. The van der Waals surface area contributed by atoms with Crippen LogP contribution < -0.4 is 0 Å². The Balaban J connectivity index is 1.49. The van der Waals surface area contributed by atoms with Crippen LogP contribution in [0, 0.1) is 26.1 Å². The van der Waals surface area contributed by atoms with Crippen molar-refractivity contribution in [2.75, 3.05) is 0 Å². The van der Waals surface area contributed by atoms with Gasteiger partial charge in [-0.2, -0.15) is 0 Å². The van der Waals surface area contributed by atoms with Crippen molar-refractivity contribution < 1.29 is 19.4 Å². The number of nitro benzene ring substituents is 2. The number of rotatable bonds is 7. The number of ether oxygens (including phenoxy) is 1. The van der Waals surface area contributed by atoms with Gasteiger partial charge in [0.25, 0.3) is 11.4 Å². The molecule has 0 spiro atoms. The largest absolute Gasteiger partial charge is 0.357 e. The highest BCUT2D eigenvalue weighted by molar-refractivity contribution is 8.02. The summed E-state index contributed by atoms with van der Waals surface area (Å²) in [5.74, 6) is -0.230. The maximum absolute atomic E-state index is 12.6. The average Bonchev–Trinajstić information content (AvgIpc) is 3.39. The van der Waals surface area contributed by atoms with E-state index in [1.165, 1.54) is 35.7 Å². The van der Waals surface area contributed by atoms with Gasteiger partial charge in [-0.05, 0) is 59.6 Å². The van der Waals surface area contributed by atoms with Crippen LogP contribution in [0.15, 0.2) is 92.6 Å². The summed E-state index contributed by atoms with van der Waals surface area (Å²) in [6, 6.07) is 13.1. The lowest BCUT2D eigenvalue weighted by molar-refractivity contribution is -0.387. The third-order valence-electron chi connectivity index (χ3n) is 6.82. The quantitative estimate of drug-likeness (QED) is 0.181. The molecule has 5 rings (SSSR count). The van der Waals surface area contributed by atoms with Crippen molar-refractivity contribution in [3.8, 4) is 0 Å². The van der Waals surface area contributed by atoms with Crippen LogP contribution in [0.2, 0.25) is 0 Å². The molecule has 2 aromatic carbocycles. The van der Waals surface area contributed by atoms with Crippen molar-refractivity contribution in [1.29, 1.82) is 0 Å². The summed E-state index contributed by atoms with van der Waals surface area (Å²) >= 11 is 2.62. The Morgan fingerprint density at radius 1 is 1.03 bits per heavy atom. The molecule has 184 valence electrons. The number of hydrogen-bond donors (Lipinski definition) is 0. The molecule has 2 aliphatic heterocycles. The van der Waals surface area contributed by atoms with E-state index >= 15 is 0 Å². The zero-order valence-corrected chi connectivity index (χ0v) is 20.9. The Kier molecular flexibility index (Phi) is 6.59. The predicted molar refractivity (Wildman–Crippen MR) is 138 cm³/mol. The van der Waals surface area contributed by atoms with Crippen molar-refractivity contribution in [2.45, 2.75) is 47.0 Å². The summed E-state index contributed by atoms with van der Waals surface area (Å²) in [4.78, 5) is 35.8. The topological polar surface area (TPSA) is 113 Å². The molecule has 0 saturated carbocycles. The van der Waals surface area contributed by atoms with Crippen molar-refractivity contribution in [3.05, 3.63) is 103 Å². The second-order valence-corrected chi connectivity index (χ2v) is 10.9. The predicted octanol–water partition coefficient (Wildman–Crippen LogP) is 6.27. The highest BCUT2D eigenvalue weighted by atomic mass is 32.2. The number of para-hydroxylation sites is 2. The van der Waals surface area contributed by atoms with E-state index in [2.05, 4.69) is 6.58 Å². The van der Waals surface area contributed by atoms with E-state index in [0.717, 1.165) is 22.3 Å². The number of nitrogens with zero attached hydrogens (tertiary/aromatic N) is 2. The molecule has 3 aliphatic rings. The molecule has 0 aromatic heterocycles. The zero-order chi connectivity index (χ0) is 25.6. The van der Waals surface area contributed by atoms with Crippen LogP contribution in [0.5, 0.6) is 0 Å². The van der Waals surface area contributed by atoms with E-state index in [-0.39, 0.29) is 34.4 Å². The summed E-state index contributed by atoms with van der Waals surface area (Å²) in [5.41, 5.74) is 3.79. The molecule has 8 nitrogen and oxygen atoms in total. The second kappa shape index (κ2) is 9.68. The third kappa shape index (κ3) is 4.19. The van der Waals surface area contributed by atoms with Gasteiger partial charge < -0.3 is 4.74 Å². The van der Waals surface area contributed by atoms with Crippen molar-refractivity contribution in [2.24, 2.45) is 5.92 Å². The molecule has 1 saturated heterocycles. The first-order valence-corrected chi connectivity index (χ1v) is 13.1. The zero-order valence-electron chi connectivity index (χ0n) is 19.3. The molecule has 2 aromatic rings. The number of benzene rings is 2. The van der Waals surface area contributed by atoms with Gasteiger partial charge in [-0.25, -0.2) is 0 Å². The molecular formula is C26H22N2O6S2. The number of carbonyl (C=O) groups excluding carboxylic acids is 1. The monoisotopic (exact) mass is 522 g/mol. The lowest BCUT2D eigenvalue weighted by Gasteiger charge is -2.35. The molecule has 10 heteroatoms. The molecular weight excluding hydrogens is 500 g/mol. The van der Waals surface area contributed by atoms with Crippen LogP contribution in [0.1, 0.15) is 19.8 Å². The maximum atomic E-state index is 12.6. The minimum absolute atomic E-state index is 0.0156. The van der Waals surface area contributed by atoms with Crippen LogP contribution in [0.4, 0.5) is 11.4 Å². The molecule has 0 radical (unpaired) electrons. The van der Waals surface area contributed by atoms with Gasteiger partial charge >= 0.3 is 0 Å². The van der Waals surface area contributed by atoms with Gasteiger partial charge in [0.1, 0.15) is 18.0 Å². The fourth-order valence-corrected chi connectivity index (χ4v) is 7.66. The standard InChI is InChI=1S/C26H22N2O6S2/c1-14-18(13-35-21-9-5-3-7-19(21)27(30)31)25-17-12-11-16(15(2)29)26(23(17)24(14)34-25)36-22-10-6-4-8-20(22)28(32)33/h3-10,13,16,24-26H,1,11-12H2,2H3/b18-13-/t16-,24-,25-,26+/m1/s1. The van der Waals surface area contributed by atoms with Crippen molar-refractivity contribution in [1.82, 2.24) is 0 Å². The molecule has 4 atom stereocenters. The lowest BCUT2D eigenvalue weighted by Crippen LogP contribution is -2.35. The molecule has 2 heterocycles. The molecule has 1 aliphatic carbocycles. The van der Waals surface area contributed by atoms with Crippen LogP contribution in [-0.2, 0) is 9.53 Å². The first kappa shape index (κ1) is 24.5. The number of Topliss-reactive ketones (excluding diaryl/α,β-unsaturated/α-hetero) is 1. The summed E-state index contributed by atoms with van der Waals surface area (Å²) in [5, 5.41) is 24.6. The molecule has 36 heavy (non-hydrogen) atoms. The van der Waals surface area contributed by atoms with Crippen LogP contribution in [0.3, 0.4) is 0 Å². The smallest absolute Gasteiger partial charge is 0.283 e. The highest BCUT2D eigenvalue weighted by Crippen LogP contribution is 2.56. The SMILES string of the molecule is C=C1/C(=C/Sc2ccccc2[N+](=O)[O-])[C@@H]2O[C@H]1C1=C2CC[C@H](C(C)=O)[C@@H]1Sc1ccccc1[N+](=O)[O-]. The molecule has 0 amide bonds. The fourth-order valence-electron chi connectivity index (χ4n) is 5.13. The summed E-state index contributed by atoms with van der Waals surface area (Å²) < 4.78 is 6.34. The van der Waals surface area contributed by atoms with E-state index in [4.69, 9.17) is 4.74 Å². The second-order valence-electron chi connectivity index (χ2n) is 8.84. The van der Waals surface area contributed by atoms with E-state index in [9.17, 15) is 25.0 Å². The van der Waals surface area contributed by atoms with Gasteiger partial charge in [0, 0.05) is 23.3 Å². The molecule has 2 bridgehead atoms. The number of thioether (sulfide) groups is 2. The Hall–Kier alpha value is -3.21. The van der Waals surface area contributed by atoms with Gasteiger partial charge in [-0.15, -0.1) is 11.8 Å². The fraction of sp³-hybridized carbons (Fsp3) is 0.269. The number of ketones is 1. The van der Waals surface area contributed by atoms with Crippen molar-refractivity contribution >= 4 is 40.7 Å². The van der Waals surface area contributed by atoms with E-state index < -0.39 is 16.0 Å². The van der Waals surface area contributed by atoms with Crippen molar-refractivity contribution in [3.63, 3.8) is 0 Å². The van der Waals surface area contributed by atoms with E-state index in [1.54, 1.807) is 43.3 Å². The Morgan fingerprint density at radius 3 is 2.28 bits per heavy atom. The third-order valence-corrected chi connectivity index (χ3v) is 9.23. The average molecular weight is 523 g/mol. The summed E-state index contributed by atoms with van der Waals surface area (Å²) in [7, 11) is 0. The first-order valence-electron chi connectivity index (χ1n) is 11.4. The summed E-state index contributed by atoms with van der Waals surface area (Å²) in [6.45, 7) is 5.83. The van der Waals surface area contributed by atoms with Gasteiger partial charge in [-0.3, -0.25) is 25.0 Å². The van der Waals surface area contributed by atoms with E-state index in [0.29, 0.717) is 22.6 Å². The van der Waals surface area contributed by atoms with Gasteiger partial charge in [0.15, 0.2) is 0 Å². The number of nitro groups is 2.